The lowest BCUT2D eigenvalue weighted by Crippen LogP contribution is -2.46. The maximum absolute atomic E-state index is 12.1. The monoisotopic (exact) mass is 478 g/mol. The number of nitrogens with one attached hydrogen (secondary N) is 1. The number of halogens is 2. The number of hydrogen-bond donors (Lipinski definition) is 5. The molecule has 172 valence electrons. The van der Waals surface area contributed by atoms with Crippen LogP contribution in [-0.2, 0) is 14.3 Å². The van der Waals surface area contributed by atoms with E-state index in [-0.39, 0.29) is 30.2 Å². The third kappa shape index (κ3) is 9.34. The van der Waals surface area contributed by atoms with Crippen molar-refractivity contribution in [2.45, 2.75) is 35.9 Å². The molecule has 12 nitrogen and oxygen atoms in total. The molecule has 0 saturated carbocycles. The number of nitro groups is 1. The molecule has 0 radical (unpaired) electrons. The van der Waals surface area contributed by atoms with Crippen molar-refractivity contribution in [1.82, 2.24) is 5.32 Å². The Morgan fingerprint density at radius 2 is 1.87 bits per heavy atom. The molecular weight excluding hydrogens is 455 g/mol. The second kappa shape index (κ2) is 12.9. The second-order valence-electron chi connectivity index (χ2n) is 6.39. The van der Waals surface area contributed by atoms with Gasteiger partial charge in [0.15, 0.2) is 10.8 Å². The smallest absolute Gasteiger partial charge is 0.322 e. The van der Waals surface area contributed by atoms with E-state index in [1.54, 1.807) is 0 Å². The Bertz CT molecular complexity index is 788. The van der Waals surface area contributed by atoms with Gasteiger partial charge in [0.05, 0.1) is 11.0 Å². The van der Waals surface area contributed by atoms with Crippen molar-refractivity contribution >= 4 is 46.7 Å². The quantitative estimate of drug-likeness (QED) is 0.0512. The number of hydrogen-bond acceptors (Lipinski definition) is 8. The van der Waals surface area contributed by atoms with Crippen LogP contribution in [0.15, 0.2) is 29.3 Å². The molecule has 31 heavy (non-hydrogen) atoms. The van der Waals surface area contributed by atoms with E-state index in [1.807, 2.05) is 0 Å². The fraction of sp³-hybridized carbons (Fsp3) is 0.471. The maximum atomic E-state index is 12.1. The third-order valence-electron chi connectivity index (χ3n) is 4.03. The van der Waals surface area contributed by atoms with E-state index in [4.69, 9.17) is 45.1 Å². The van der Waals surface area contributed by atoms with Crippen LogP contribution < -0.4 is 22.5 Å². The molecule has 1 amide bonds. The Kier molecular flexibility index (Phi) is 11.0. The number of nitrogens with two attached hydrogens (primary N) is 3. The van der Waals surface area contributed by atoms with E-state index >= 15 is 0 Å². The minimum absolute atomic E-state index is 0.0770. The number of carbonyl (C=O) groups excluding carboxylic acids is 2. The van der Waals surface area contributed by atoms with Crippen molar-refractivity contribution in [3.63, 3.8) is 0 Å². The highest BCUT2D eigenvalue weighted by Crippen LogP contribution is 2.21. The lowest BCUT2D eigenvalue weighted by molar-refractivity contribution is -0.384. The number of non-ortho nitro benzene ring substituents is 1. The SMILES string of the molecule is NC(N)=NCCC[C@H](N)C(=O)OC[C@@H](NC(=O)C(Cl)Cl)[C@H](O)c1ccc([N+](=O)[O-])cc1. The van der Waals surface area contributed by atoms with Gasteiger partial charge in [-0.25, -0.2) is 0 Å². The summed E-state index contributed by atoms with van der Waals surface area (Å²) in [5.74, 6) is -1.67. The molecule has 0 fully saturated rings. The number of aliphatic hydroxyl groups excluding tert-OH is 1. The van der Waals surface area contributed by atoms with Crippen LogP contribution in [0.4, 0.5) is 5.69 Å². The number of rotatable bonds is 12. The van der Waals surface area contributed by atoms with Gasteiger partial charge in [0, 0.05) is 18.7 Å². The van der Waals surface area contributed by atoms with Crippen molar-refractivity contribution in [2.75, 3.05) is 13.2 Å². The lowest BCUT2D eigenvalue weighted by atomic mass is 10.0. The van der Waals surface area contributed by atoms with Gasteiger partial charge in [0.25, 0.3) is 11.6 Å². The van der Waals surface area contributed by atoms with Crippen LogP contribution in [0.2, 0.25) is 0 Å². The fourth-order valence-electron chi connectivity index (χ4n) is 2.40. The molecule has 0 saturated heterocycles. The van der Waals surface area contributed by atoms with E-state index in [9.17, 15) is 24.8 Å². The van der Waals surface area contributed by atoms with Gasteiger partial charge in [-0.15, -0.1) is 0 Å². The van der Waals surface area contributed by atoms with Gasteiger partial charge in [-0.05, 0) is 30.5 Å². The zero-order chi connectivity index (χ0) is 23.6. The molecule has 3 atom stereocenters. The molecule has 1 aromatic rings. The summed E-state index contributed by atoms with van der Waals surface area (Å²) in [6.45, 7) is -0.168. The number of aliphatic imine (C=N–C) groups is 1. The molecule has 0 aliphatic heterocycles. The van der Waals surface area contributed by atoms with Crippen LogP contribution in [0.3, 0.4) is 0 Å². The number of nitrogens with zero attached hydrogens (tertiary/aromatic N) is 2. The van der Waals surface area contributed by atoms with Crippen molar-refractivity contribution in [1.29, 1.82) is 0 Å². The number of alkyl halides is 2. The van der Waals surface area contributed by atoms with Gasteiger partial charge >= 0.3 is 5.97 Å². The number of benzene rings is 1. The summed E-state index contributed by atoms with van der Waals surface area (Å²) in [6, 6.07) is 2.85. The first kappa shape index (κ1) is 26.4. The highest BCUT2D eigenvalue weighted by molar-refractivity contribution is 6.53. The number of esters is 1. The van der Waals surface area contributed by atoms with E-state index in [2.05, 4.69) is 10.3 Å². The number of carbonyl (C=O) groups is 2. The first-order valence-corrected chi connectivity index (χ1v) is 9.88. The van der Waals surface area contributed by atoms with E-state index in [1.165, 1.54) is 24.3 Å². The molecule has 0 bridgehead atoms. The van der Waals surface area contributed by atoms with Gasteiger partial charge in [0.1, 0.15) is 18.8 Å². The van der Waals surface area contributed by atoms with Crippen LogP contribution in [0.5, 0.6) is 0 Å². The molecule has 0 aromatic heterocycles. The molecule has 1 aromatic carbocycles. The summed E-state index contributed by atoms with van der Waals surface area (Å²) in [4.78, 5) is 36.5. The average molecular weight is 479 g/mol. The van der Waals surface area contributed by atoms with Crippen LogP contribution in [-0.4, -0.2) is 57.9 Å². The zero-order valence-corrected chi connectivity index (χ0v) is 17.8. The van der Waals surface area contributed by atoms with Crippen LogP contribution in [0.1, 0.15) is 24.5 Å². The molecule has 0 unspecified atom stereocenters. The average Bonchev–Trinajstić information content (AvgIpc) is 2.72. The minimum Gasteiger partial charge on any atom is -0.462 e. The van der Waals surface area contributed by atoms with Gasteiger partial charge in [-0.2, -0.15) is 0 Å². The highest BCUT2D eigenvalue weighted by atomic mass is 35.5. The van der Waals surface area contributed by atoms with Crippen LogP contribution in [0, 0.1) is 10.1 Å². The van der Waals surface area contributed by atoms with Gasteiger partial charge in [0.2, 0.25) is 0 Å². The van der Waals surface area contributed by atoms with Crippen LogP contribution >= 0.6 is 23.2 Å². The molecule has 1 rings (SSSR count). The van der Waals surface area contributed by atoms with E-state index in [0.717, 1.165) is 0 Å². The number of amides is 1. The normalized spacial score (nSPS) is 13.7. The summed E-state index contributed by atoms with van der Waals surface area (Å²) >= 11 is 11.1. The van der Waals surface area contributed by atoms with Crippen molar-refractivity contribution < 1.29 is 24.4 Å². The topological polar surface area (TPSA) is 209 Å². The number of aliphatic hydroxyl groups is 1. The van der Waals surface area contributed by atoms with Crippen molar-refractivity contribution in [2.24, 2.45) is 22.2 Å². The second-order valence-corrected chi connectivity index (χ2v) is 7.49. The summed E-state index contributed by atoms with van der Waals surface area (Å²) < 4.78 is 5.11. The zero-order valence-electron chi connectivity index (χ0n) is 16.3. The van der Waals surface area contributed by atoms with Crippen molar-refractivity contribution in [3.05, 3.63) is 39.9 Å². The predicted octanol–water partition coefficient (Wildman–Crippen LogP) is -0.159. The Balaban J connectivity index is 2.79. The highest BCUT2D eigenvalue weighted by Gasteiger charge is 2.28. The Labute approximate surface area is 187 Å². The first-order chi connectivity index (χ1) is 14.5. The summed E-state index contributed by atoms with van der Waals surface area (Å²) in [6.07, 6.45) is -0.717. The largest absolute Gasteiger partial charge is 0.462 e. The Morgan fingerprint density at radius 3 is 2.39 bits per heavy atom. The number of guanidine groups is 1. The molecular formula is C17H24Cl2N6O6. The first-order valence-electron chi connectivity index (χ1n) is 9.01. The fourth-order valence-corrected chi connectivity index (χ4v) is 2.53. The maximum Gasteiger partial charge on any atom is 0.322 e. The minimum atomic E-state index is -1.43. The van der Waals surface area contributed by atoms with Gasteiger partial charge in [-0.1, -0.05) is 23.2 Å². The summed E-state index contributed by atoms with van der Waals surface area (Å²) in [5.41, 5.74) is 16.2. The third-order valence-corrected chi connectivity index (χ3v) is 4.42. The van der Waals surface area contributed by atoms with E-state index in [0.29, 0.717) is 6.42 Å². The molecule has 0 spiro atoms. The van der Waals surface area contributed by atoms with Gasteiger partial charge in [-0.3, -0.25) is 24.7 Å². The molecule has 0 aliphatic rings. The van der Waals surface area contributed by atoms with Crippen LogP contribution in [0.25, 0.3) is 0 Å². The summed E-state index contributed by atoms with van der Waals surface area (Å²) in [5, 5.41) is 23.7. The lowest BCUT2D eigenvalue weighted by Gasteiger charge is -2.25. The molecule has 14 heteroatoms. The van der Waals surface area contributed by atoms with E-state index < -0.39 is 46.4 Å². The predicted molar refractivity (Wildman–Crippen MR) is 114 cm³/mol. The van der Waals surface area contributed by atoms with Gasteiger partial charge < -0.3 is 32.4 Å². The number of nitro benzene ring substituents is 1. The standard InChI is InChI=1S/C17H24Cl2N6O6/c18-14(19)15(27)24-12(13(26)9-3-5-10(6-4-9)25(29)30)8-31-16(28)11(20)2-1-7-23-17(21)22/h3-6,11-14,26H,1-2,7-8,20H2,(H,24,27)(H4,21,22,23)/t11-,12+,13+/m0/s1. The Morgan fingerprint density at radius 1 is 1.26 bits per heavy atom. The number of ether oxygens (including phenoxy) is 1. The van der Waals surface area contributed by atoms with Crippen molar-refractivity contribution in [3.8, 4) is 0 Å². The molecule has 0 aliphatic carbocycles. The molecule has 0 heterocycles. The Hall–Kier alpha value is -2.67. The summed E-state index contributed by atoms with van der Waals surface area (Å²) in [7, 11) is 0. The molecule has 8 N–H and O–H groups in total.